The van der Waals surface area contributed by atoms with E-state index < -0.39 is 0 Å². The van der Waals surface area contributed by atoms with E-state index in [1.54, 1.807) is 0 Å². The Morgan fingerprint density at radius 1 is 1.43 bits per heavy atom. The fourth-order valence-corrected chi connectivity index (χ4v) is 1.35. The molecule has 0 N–H and O–H groups in total. The van der Waals surface area contributed by atoms with Crippen molar-refractivity contribution in [2.24, 2.45) is 0 Å². The average molecular weight is 259 g/mol. The molecule has 1 heterocycles. The molecule has 1 aliphatic rings. The van der Waals surface area contributed by atoms with Gasteiger partial charge in [-0.3, -0.25) is 0 Å². The van der Waals surface area contributed by atoms with Crippen LogP contribution in [0.15, 0.2) is 18.2 Å². The van der Waals surface area contributed by atoms with Gasteiger partial charge < -0.3 is 14.2 Å². The van der Waals surface area contributed by atoms with Crippen LogP contribution in [-0.2, 0) is 0 Å². The van der Waals surface area contributed by atoms with Crippen LogP contribution in [0.4, 0.5) is 0 Å². The van der Waals surface area contributed by atoms with Crippen LogP contribution in [0.3, 0.4) is 0 Å². The summed E-state index contributed by atoms with van der Waals surface area (Å²) in [7, 11) is 0. The first-order chi connectivity index (χ1) is 6.79. The summed E-state index contributed by atoms with van der Waals surface area (Å²) in [6, 6.07) is 5.59. The van der Waals surface area contributed by atoms with Crippen molar-refractivity contribution in [3.63, 3.8) is 0 Å². The SMILES string of the molecule is CC(CBr)Oc1ccc2c(c1)OCO2. The second-order valence-electron chi connectivity index (χ2n) is 3.10. The molecule has 0 fully saturated rings. The number of alkyl halides is 1. The first-order valence-electron chi connectivity index (χ1n) is 4.42. The van der Waals surface area contributed by atoms with Gasteiger partial charge in [0.15, 0.2) is 11.5 Å². The summed E-state index contributed by atoms with van der Waals surface area (Å²) in [6.45, 7) is 2.30. The Balaban J connectivity index is 2.12. The van der Waals surface area contributed by atoms with Crippen LogP contribution in [0.25, 0.3) is 0 Å². The van der Waals surface area contributed by atoms with Crippen molar-refractivity contribution in [2.75, 3.05) is 12.1 Å². The molecule has 0 saturated carbocycles. The number of halogens is 1. The van der Waals surface area contributed by atoms with E-state index in [1.807, 2.05) is 25.1 Å². The van der Waals surface area contributed by atoms with Crippen LogP contribution in [-0.4, -0.2) is 18.2 Å². The number of hydrogen-bond acceptors (Lipinski definition) is 3. The Hall–Kier alpha value is -0.900. The third-order valence-corrected chi connectivity index (χ3v) is 2.81. The smallest absolute Gasteiger partial charge is 0.231 e. The molecule has 76 valence electrons. The highest BCUT2D eigenvalue weighted by Crippen LogP contribution is 2.35. The molecule has 1 unspecified atom stereocenters. The van der Waals surface area contributed by atoms with Gasteiger partial charge in [-0.15, -0.1) is 0 Å². The fourth-order valence-electron chi connectivity index (χ4n) is 1.21. The van der Waals surface area contributed by atoms with Crippen molar-refractivity contribution in [3.05, 3.63) is 18.2 Å². The lowest BCUT2D eigenvalue weighted by Gasteiger charge is -2.11. The van der Waals surface area contributed by atoms with E-state index in [0.717, 1.165) is 22.6 Å². The first kappa shape index (κ1) is 9.65. The highest BCUT2D eigenvalue weighted by molar-refractivity contribution is 9.09. The lowest BCUT2D eigenvalue weighted by molar-refractivity contribution is 0.173. The summed E-state index contributed by atoms with van der Waals surface area (Å²) in [5.74, 6) is 2.34. The molecule has 0 saturated heterocycles. The minimum absolute atomic E-state index is 0.148. The molecule has 1 aliphatic heterocycles. The Morgan fingerprint density at radius 3 is 3.00 bits per heavy atom. The normalized spacial score (nSPS) is 15.3. The Kier molecular flexibility index (Phi) is 2.82. The zero-order valence-electron chi connectivity index (χ0n) is 7.83. The second-order valence-corrected chi connectivity index (χ2v) is 3.75. The zero-order valence-corrected chi connectivity index (χ0v) is 9.41. The van der Waals surface area contributed by atoms with Gasteiger partial charge in [-0.2, -0.15) is 0 Å². The topological polar surface area (TPSA) is 27.7 Å². The molecule has 3 nitrogen and oxygen atoms in total. The number of fused-ring (bicyclic) bond motifs is 1. The largest absolute Gasteiger partial charge is 0.490 e. The van der Waals surface area contributed by atoms with E-state index in [9.17, 15) is 0 Å². The van der Waals surface area contributed by atoms with Crippen LogP contribution in [0.5, 0.6) is 17.2 Å². The number of rotatable bonds is 3. The molecular weight excluding hydrogens is 248 g/mol. The van der Waals surface area contributed by atoms with Crippen LogP contribution < -0.4 is 14.2 Å². The quantitative estimate of drug-likeness (QED) is 0.781. The molecule has 4 heteroatoms. The maximum Gasteiger partial charge on any atom is 0.231 e. The van der Waals surface area contributed by atoms with E-state index in [1.165, 1.54) is 0 Å². The van der Waals surface area contributed by atoms with Crippen molar-refractivity contribution in [3.8, 4) is 17.2 Å². The number of hydrogen-bond donors (Lipinski definition) is 0. The average Bonchev–Trinajstić information content (AvgIpc) is 2.64. The van der Waals surface area contributed by atoms with Crippen LogP contribution in [0.2, 0.25) is 0 Å². The van der Waals surface area contributed by atoms with E-state index >= 15 is 0 Å². The predicted octanol–water partition coefficient (Wildman–Crippen LogP) is 2.58. The summed E-state index contributed by atoms with van der Waals surface area (Å²) in [5.41, 5.74) is 0. The summed E-state index contributed by atoms with van der Waals surface area (Å²) in [6.07, 6.45) is 0.148. The van der Waals surface area contributed by atoms with Gasteiger partial charge in [-0.05, 0) is 19.1 Å². The Labute approximate surface area is 91.1 Å². The van der Waals surface area contributed by atoms with Crippen LogP contribution >= 0.6 is 15.9 Å². The monoisotopic (exact) mass is 258 g/mol. The van der Waals surface area contributed by atoms with Gasteiger partial charge in [0.2, 0.25) is 6.79 Å². The summed E-state index contributed by atoms with van der Waals surface area (Å²) < 4.78 is 16.0. The van der Waals surface area contributed by atoms with Gasteiger partial charge in [0.1, 0.15) is 11.9 Å². The van der Waals surface area contributed by atoms with Gasteiger partial charge >= 0.3 is 0 Å². The lowest BCUT2D eigenvalue weighted by Crippen LogP contribution is -2.12. The molecule has 0 amide bonds. The summed E-state index contributed by atoms with van der Waals surface area (Å²) in [5, 5.41) is 0.807. The highest BCUT2D eigenvalue weighted by Gasteiger charge is 2.14. The molecule has 0 bridgehead atoms. The van der Waals surface area contributed by atoms with Crippen molar-refractivity contribution in [1.82, 2.24) is 0 Å². The first-order valence-corrected chi connectivity index (χ1v) is 5.54. The van der Waals surface area contributed by atoms with Crippen LogP contribution in [0, 0.1) is 0 Å². The molecule has 14 heavy (non-hydrogen) atoms. The van der Waals surface area contributed by atoms with E-state index in [-0.39, 0.29) is 6.10 Å². The maximum atomic E-state index is 5.61. The standard InChI is InChI=1S/C10H11BrO3/c1-7(5-11)14-8-2-3-9-10(4-8)13-6-12-9/h2-4,7H,5-6H2,1H3. The van der Waals surface area contributed by atoms with Gasteiger partial charge in [0.05, 0.1) is 0 Å². The molecule has 1 aromatic rings. The maximum absolute atomic E-state index is 5.61. The minimum atomic E-state index is 0.148. The Morgan fingerprint density at radius 2 is 2.21 bits per heavy atom. The molecule has 0 aromatic heterocycles. The van der Waals surface area contributed by atoms with Crippen molar-refractivity contribution >= 4 is 15.9 Å². The molecule has 0 spiro atoms. The summed E-state index contributed by atoms with van der Waals surface area (Å²) >= 11 is 3.35. The minimum Gasteiger partial charge on any atom is -0.490 e. The molecule has 2 rings (SSSR count). The van der Waals surface area contributed by atoms with Gasteiger partial charge in [0.25, 0.3) is 0 Å². The molecule has 1 aromatic carbocycles. The number of ether oxygens (including phenoxy) is 3. The Bertz CT molecular complexity index is 327. The highest BCUT2D eigenvalue weighted by atomic mass is 79.9. The van der Waals surface area contributed by atoms with Crippen molar-refractivity contribution in [1.29, 1.82) is 0 Å². The third-order valence-electron chi connectivity index (χ3n) is 1.90. The van der Waals surface area contributed by atoms with E-state index in [4.69, 9.17) is 14.2 Å². The van der Waals surface area contributed by atoms with E-state index in [2.05, 4.69) is 15.9 Å². The lowest BCUT2D eigenvalue weighted by atomic mass is 10.3. The molecule has 0 radical (unpaired) electrons. The third kappa shape index (κ3) is 1.95. The van der Waals surface area contributed by atoms with Gasteiger partial charge in [0, 0.05) is 11.4 Å². The summed E-state index contributed by atoms with van der Waals surface area (Å²) in [4.78, 5) is 0. The predicted molar refractivity (Wildman–Crippen MR) is 56.4 cm³/mol. The molecule has 0 aliphatic carbocycles. The fraction of sp³-hybridized carbons (Fsp3) is 0.400. The van der Waals surface area contributed by atoms with Crippen molar-refractivity contribution in [2.45, 2.75) is 13.0 Å². The zero-order chi connectivity index (χ0) is 9.97. The second kappa shape index (κ2) is 4.09. The molecular formula is C10H11BrO3. The van der Waals surface area contributed by atoms with Gasteiger partial charge in [-0.25, -0.2) is 0 Å². The molecule has 1 atom stereocenters. The van der Waals surface area contributed by atoms with Crippen molar-refractivity contribution < 1.29 is 14.2 Å². The van der Waals surface area contributed by atoms with E-state index in [0.29, 0.717) is 6.79 Å². The van der Waals surface area contributed by atoms with Gasteiger partial charge in [-0.1, -0.05) is 15.9 Å². The number of benzene rings is 1. The van der Waals surface area contributed by atoms with Crippen LogP contribution in [0.1, 0.15) is 6.92 Å².